The molecule has 2 aromatic rings. The maximum absolute atomic E-state index is 12.5. The summed E-state index contributed by atoms with van der Waals surface area (Å²) in [5, 5.41) is 0. The first-order valence-electron chi connectivity index (χ1n) is 7.77. The first-order valence-corrected chi connectivity index (χ1v) is 9.26. The van der Waals surface area contributed by atoms with Crippen LogP contribution in [0.15, 0.2) is 47.6 Å². The lowest BCUT2D eigenvalue weighted by molar-refractivity contribution is -0.154. The van der Waals surface area contributed by atoms with Crippen LogP contribution >= 0.6 is 0 Å². The summed E-state index contributed by atoms with van der Waals surface area (Å²) >= 11 is 0. The molecule has 0 radical (unpaired) electrons. The molecule has 0 saturated carbocycles. The Morgan fingerprint density at radius 2 is 1.62 bits per heavy atom. The highest BCUT2D eigenvalue weighted by molar-refractivity contribution is 7.89. The van der Waals surface area contributed by atoms with Crippen molar-refractivity contribution in [2.45, 2.75) is 23.8 Å². The molecule has 6 nitrogen and oxygen atoms in total. The number of alkyl halides is 6. The Morgan fingerprint density at radius 1 is 0.966 bits per heavy atom. The Balaban J connectivity index is 2.29. The van der Waals surface area contributed by atoms with Crippen LogP contribution in [0.1, 0.15) is 5.56 Å². The molecule has 0 bridgehead atoms. The van der Waals surface area contributed by atoms with Gasteiger partial charge in [-0.2, -0.15) is 26.3 Å². The minimum absolute atomic E-state index is 0.261. The second-order valence-electron chi connectivity index (χ2n) is 5.60. The summed E-state index contributed by atoms with van der Waals surface area (Å²) in [7, 11) is -4.46. The van der Waals surface area contributed by atoms with E-state index in [9.17, 15) is 34.8 Å². The van der Waals surface area contributed by atoms with E-state index in [0.717, 1.165) is 12.1 Å². The van der Waals surface area contributed by atoms with Gasteiger partial charge in [0.1, 0.15) is 16.4 Å². The van der Waals surface area contributed by atoms with Gasteiger partial charge >= 0.3 is 12.4 Å². The topological polar surface area (TPSA) is 77.5 Å². The van der Waals surface area contributed by atoms with E-state index < -0.39 is 52.0 Å². The van der Waals surface area contributed by atoms with Crippen molar-refractivity contribution >= 4 is 10.0 Å². The van der Waals surface area contributed by atoms with Crippen molar-refractivity contribution in [3.63, 3.8) is 0 Å². The van der Waals surface area contributed by atoms with Crippen LogP contribution in [0.5, 0.6) is 11.5 Å². The molecule has 0 saturated heterocycles. The standard InChI is InChI=1S/C16H14F6N2O4S/c17-15(18,19)9-27-12-3-4-13(28-10-16(20,21)22)14(6-12)29(25,26)24-8-11-2-1-5-23-7-11/h1-7,24H,8-10H2. The second kappa shape index (κ2) is 8.86. The molecular formula is C16H14F6N2O4S. The fourth-order valence-corrected chi connectivity index (χ4v) is 3.17. The molecule has 0 spiro atoms. The molecule has 0 aliphatic carbocycles. The van der Waals surface area contributed by atoms with Crippen LogP contribution in [0, 0.1) is 0 Å². The summed E-state index contributed by atoms with van der Waals surface area (Å²) in [4.78, 5) is 2.98. The number of hydrogen-bond acceptors (Lipinski definition) is 5. The molecule has 0 atom stereocenters. The van der Waals surface area contributed by atoms with Gasteiger partial charge in [-0.1, -0.05) is 6.07 Å². The summed E-state index contributed by atoms with van der Waals surface area (Å²) in [5.41, 5.74) is 0.443. The van der Waals surface area contributed by atoms with E-state index in [-0.39, 0.29) is 6.54 Å². The summed E-state index contributed by atoms with van der Waals surface area (Å²) in [6.07, 6.45) is -6.65. The van der Waals surface area contributed by atoms with Crippen molar-refractivity contribution in [3.05, 3.63) is 48.3 Å². The number of nitrogens with one attached hydrogen (secondary N) is 1. The summed E-state index contributed by atoms with van der Waals surface area (Å²) in [6.45, 7) is -3.76. The Kier molecular flexibility index (Phi) is 6.95. The van der Waals surface area contributed by atoms with E-state index >= 15 is 0 Å². The van der Waals surface area contributed by atoms with Gasteiger partial charge in [0.25, 0.3) is 0 Å². The quantitative estimate of drug-likeness (QED) is 0.632. The van der Waals surface area contributed by atoms with Crippen LogP contribution in [-0.2, 0) is 16.6 Å². The van der Waals surface area contributed by atoms with Gasteiger partial charge in [0, 0.05) is 25.0 Å². The van der Waals surface area contributed by atoms with E-state index in [1.165, 1.54) is 18.5 Å². The molecule has 2 rings (SSSR count). The number of benzene rings is 1. The highest BCUT2D eigenvalue weighted by Gasteiger charge is 2.31. The predicted octanol–water partition coefficient (Wildman–Crippen LogP) is 3.44. The molecule has 0 aliphatic rings. The molecule has 0 fully saturated rings. The van der Waals surface area contributed by atoms with E-state index in [4.69, 9.17) is 0 Å². The molecule has 160 valence electrons. The lowest BCUT2D eigenvalue weighted by Gasteiger charge is -2.16. The third-order valence-corrected chi connectivity index (χ3v) is 4.61. The van der Waals surface area contributed by atoms with Crippen LogP contribution < -0.4 is 14.2 Å². The number of hydrogen-bond donors (Lipinski definition) is 1. The van der Waals surface area contributed by atoms with E-state index in [0.29, 0.717) is 11.6 Å². The number of halogens is 6. The SMILES string of the molecule is O=S(=O)(NCc1cccnc1)c1cc(OCC(F)(F)F)ccc1OCC(F)(F)F. The zero-order valence-electron chi connectivity index (χ0n) is 14.4. The number of sulfonamides is 1. The fraction of sp³-hybridized carbons (Fsp3) is 0.312. The second-order valence-corrected chi connectivity index (χ2v) is 7.34. The first kappa shape index (κ1) is 22.7. The maximum atomic E-state index is 12.5. The average molecular weight is 444 g/mol. The average Bonchev–Trinajstić information content (AvgIpc) is 2.63. The molecule has 29 heavy (non-hydrogen) atoms. The van der Waals surface area contributed by atoms with Crippen molar-refractivity contribution in [3.8, 4) is 11.5 Å². The number of pyridine rings is 1. The van der Waals surface area contributed by atoms with E-state index in [1.807, 2.05) is 0 Å². The molecular weight excluding hydrogens is 430 g/mol. The highest BCUT2D eigenvalue weighted by atomic mass is 32.2. The number of ether oxygens (including phenoxy) is 2. The van der Waals surface area contributed by atoms with Gasteiger partial charge in [-0.05, 0) is 23.8 Å². The maximum Gasteiger partial charge on any atom is 0.422 e. The molecule has 1 aromatic heterocycles. The smallest absolute Gasteiger partial charge is 0.422 e. The van der Waals surface area contributed by atoms with Gasteiger partial charge < -0.3 is 9.47 Å². The third kappa shape index (κ3) is 7.77. The molecule has 0 aliphatic heterocycles. The Morgan fingerprint density at radius 3 is 2.21 bits per heavy atom. The van der Waals surface area contributed by atoms with Crippen LogP contribution in [0.3, 0.4) is 0 Å². The minimum atomic E-state index is -4.75. The molecule has 0 amide bonds. The predicted molar refractivity (Wildman–Crippen MR) is 87.8 cm³/mol. The van der Waals surface area contributed by atoms with Gasteiger partial charge in [0.05, 0.1) is 0 Å². The first-order chi connectivity index (χ1) is 13.4. The molecule has 1 heterocycles. The number of aromatic nitrogens is 1. The number of rotatable bonds is 8. The van der Waals surface area contributed by atoms with Gasteiger partial charge in [0.15, 0.2) is 13.2 Å². The Hall–Kier alpha value is -2.54. The van der Waals surface area contributed by atoms with Crippen molar-refractivity contribution in [1.82, 2.24) is 9.71 Å². The van der Waals surface area contributed by atoms with Gasteiger partial charge in [-0.3, -0.25) is 4.98 Å². The van der Waals surface area contributed by atoms with Crippen LogP contribution in [0.4, 0.5) is 26.3 Å². The van der Waals surface area contributed by atoms with Crippen molar-refractivity contribution < 1.29 is 44.2 Å². The molecule has 1 N–H and O–H groups in total. The third-order valence-electron chi connectivity index (χ3n) is 3.19. The Bertz CT molecular complexity index is 917. The van der Waals surface area contributed by atoms with Crippen LogP contribution in [-0.4, -0.2) is 39.0 Å². The highest BCUT2D eigenvalue weighted by Crippen LogP contribution is 2.31. The van der Waals surface area contributed by atoms with E-state index in [2.05, 4.69) is 19.2 Å². The summed E-state index contributed by atoms with van der Waals surface area (Å²) in [5.74, 6) is -1.20. The monoisotopic (exact) mass is 444 g/mol. The van der Waals surface area contributed by atoms with Crippen molar-refractivity contribution in [2.24, 2.45) is 0 Å². The number of nitrogens with zero attached hydrogens (tertiary/aromatic N) is 1. The van der Waals surface area contributed by atoms with Crippen LogP contribution in [0.25, 0.3) is 0 Å². The zero-order chi connectivity index (χ0) is 21.7. The fourth-order valence-electron chi connectivity index (χ4n) is 1.99. The minimum Gasteiger partial charge on any atom is -0.484 e. The summed E-state index contributed by atoms with van der Waals surface area (Å²) in [6, 6.07) is 5.39. The Labute approximate surface area is 161 Å². The van der Waals surface area contributed by atoms with Crippen LogP contribution in [0.2, 0.25) is 0 Å². The molecule has 0 unspecified atom stereocenters. The van der Waals surface area contributed by atoms with E-state index in [1.54, 1.807) is 6.07 Å². The summed E-state index contributed by atoms with van der Waals surface area (Å²) < 4.78 is 110. The normalized spacial score (nSPS) is 12.6. The largest absolute Gasteiger partial charge is 0.484 e. The van der Waals surface area contributed by atoms with Gasteiger partial charge in [-0.15, -0.1) is 0 Å². The molecule has 13 heteroatoms. The lowest BCUT2D eigenvalue weighted by Crippen LogP contribution is -2.25. The van der Waals surface area contributed by atoms with Gasteiger partial charge in [0.2, 0.25) is 10.0 Å². The molecule has 1 aromatic carbocycles. The zero-order valence-corrected chi connectivity index (χ0v) is 15.2. The van der Waals surface area contributed by atoms with Gasteiger partial charge in [-0.25, -0.2) is 13.1 Å². The lowest BCUT2D eigenvalue weighted by atomic mass is 10.3. The van der Waals surface area contributed by atoms with Crippen molar-refractivity contribution in [2.75, 3.05) is 13.2 Å². The van der Waals surface area contributed by atoms with Crippen molar-refractivity contribution in [1.29, 1.82) is 0 Å².